The normalized spacial score (nSPS) is 23.1. The molecule has 2 saturated heterocycles. The van der Waals surface area contributed by atoms with Crippen molar-refractivity contribution in [1.29, 1.82) is 0 Å². The zero-order valence-corrected chi connectivity index (χ0v) is 35.1. The number of hydrogen-bond donors (Lipinski definition) is 12. The minimum atomic E-state index is -0.929. The number of primary amides is 1. The third-order valence-corrected chi connectivity index (χ3v) is 11.5. The van der Waals surface area contributed by atoms with Crippen LogP contribution in [0.15, 0.2) is 57.5 Å². The molecule has 0 saturated carbocycles. The molecule has 330 valence electrons. The Morgan fingerprint density at radius 1 is 0.918 bits per heavy atom. The van der Waals surface area contributed by atoms with Crippen LogP contribution in [0.25, 0.3) is 0 Å². The van der Waals surface area contributed by atoms with E-state index < -0.39 is 16.9 Å². The van der Waals surface area contributed by atoms with E-state index in [1.54, 1.807) is 24.5 Å². The van der Waals surface area contributed by atoms with Gasteiger partial charge in [-0.3, -0.25) is 29.6 Å². The first-order valence-corrected chi connectivity index (χ1v) is 20.8. The summed E-state index contributed by atoms with van der Waals surface area (Å²) in [4.78, 5) is 55.9. The summed E-state index contributed by atoms with van der Waals surface area (Å²) >= 11 is 13.8. The molecule has 6 aliphatic rings. The van der Waals surface area contributed by atoms with E-state index in [4.69, 9.17) is 61.1 Å². The first-order valence-electron chi connectivity index (χ1n) is 19.9. The van der Waals surface area contributed by atoms with Gasteiger partial charge in [0.1, 0.15) is 35.8 Å². The van der Waals surface area contributed by atoms with Crippen LogP contribution in [0.2, 0.25) is 0 Å². The predicted molar refractivity (Wildman–Crippen MR) is 226 cm³/mol. The number of anilines is 1. The summed E-state index contributed by atoms with van der Waals surface area (Å²) in [6.07, 6.45) is 6.83. The number of carbonyl (C=O) groups excluding carboxylic acids is 2. The average Bonchev–Trinajstić information content (AvgIpc) is 3.26. The molecule has 61 heavy (non-hydrogen) atoms. The molecule has 2 amide bonds. The number of hydrogen-bond acceptors (Lipinski definition) is 23. The van der Waals surface area contributed by atoms with Crippen LogP contribution < -0.4 is 66.3 Å². The molecule has 27 heteroatoms. The summed E-state index contributed by atoms with van der Waals surface area (Å²) in [6, 6.07) is 3.95. The number of piperidine rings is 2. The monoisotopic (exact) mass is 885 g/mol. The fourth-order valence-electron chi connectivity index (χ4n) is 7.68. The smallest absolute Gasteiger partial charge is 0.277 e. The number of aromatic nitrogens is 4. The molecular weight excluding hydrogens is 833 g/mol. The predicted octanol–water partition coefficient (Wildman–Crippen LogP) is -3.50. The van der Waals surface area contributed by atoms with Gasteiger partial charge in [0.25, 0.3) is 11.8 Å². The van der Waals surface area contributed by atoms with Crippen LogP contribution in [-0.2, 0) is 16.0 Å². The zero-order chi connectivity index (χ0) is 43.0. The molecule has 2 aromatic rings. The lowest BCUT2D eigenvalue weighted by Gasteiger charge is -2.46. The molecule has 0 radical (unpaired) electrons. The maximum absolute atomic E-state index is 14.2. The number of aliphatic imine (C=N–C) groups is 2. The van der Waals surface area contributed by atoms with Crippen molar-refractivity contribution in [2.24, 2.45) is 32.9 Å². The molecule has 8 heterocycles. The van der Waals surface area contributed by atoms with Gasteiger partial charge in [0.15, 0.2) is 28.2 Å². The quantitative estimate of drug-likeness (QED) is 0.0402. The van der Waals surface area contributed by atoms with Gasteiger partial charge in [-0.25, -0.2) is 41.7 Å². The van der Waals surface area contributed by atoms with Crippen LogP contribution in [0.1, 0.15) is 54.7 Å². The summed E-state index contributed by atoms with van der Waals surface area (Å²) in [5.41, 5.74) is 41.2. The third-order valence-electron chi connectivity index (χ3n) is 10.7. The van der Waals surface area contributed by atoms with Crippen molar-refractivity contribution in [3.8, 4) is 0 Å². The van der Waals surface area contributed by atoms with Crippen LogP contribution in [0, 0.1) is 0 Å². The Balaban J connectivity index is 1.10. The van der Waals surface area contributed by atoms with Crippen LogP contribution in [-0.4, -0.2) is 139 Å². The van der Waals surface area contributed by atoms with Gasteiger partial charge in [0, 0.05) is 57.0 Å². The number of nitrogens with two attached hydrogens (primary N) is 4. The number of nitrogens with zero attached hydrogens (tertiary/aromatic N) is 11. The molecule has 2 aromatic heterocycles. The standard InChI is InChI=1S/C34H53Cl2N23O2/c1-41-53-46-17-55-18-47-54-45-16-44-32-25(36)59(23(33(55)61)27(38)49-32)57-14-7-21(8-15-57)31-50-30(51-34(52-31)43-11-4-19-2-9-42-10-3-19)20-5-12-56(13-6-20)58-22(29(40)60)26(37)48-28(39)24(58)35/h2-3,9-10,20-21,24-25,41,45-47,53-54H,4-8,11-18,37-38H2,1H3,(H2,39,48)(H2,40,60)(H,44,49)(H,43,50,51,52). The molecule has 25 nitrogen and oxygen atoms in total. The van der Waals surface area contributed by atoms with E-state index in [9.17, 15) is 9.59 Å². The molecule has 2 bridgehead atoms. The maximum Gasteiger partial charge on any atom is 0.277 e. The summed E-state index contributed by atoms with van der Waals surface area (Å²) < 4.78 is 0. The number of carbonyl (C=O) groups is 2. The van der Waals surface area contributed by atoms with E-state index >= 15 is 0 Å². The fraction of sp³-hybridized carbons (Fsp3) is 0.529. The lowest BCUT2D eigenvalue weighted by Crippen LogP contribution is -2.63. The van der Waals surface area contributed by atoms with Crippen molar-refractivity contribution in [2.45, 2.75) is 54.9 Å². The van der Waals surface area contributed by atoms with Gasteiger partial charge in [0.05, 0.1) is 13.3 Å². The van der Waals surface area contributed by atoms with Crippen molar-refractivity contribution in [2.75, 3.05) is 65.1 Å². The Kier molecular flexibility index (Phi) is 14.5. The Morgan fingerprint density at radius 2 is 1.57 bits per heavy atom. The Morgan fingerprint density at radius 3 is 2.21 bits per heavy atom. The van der Waals surface area contributed by atoms with Crippen molar-refractivity contribution in [3.63, 3.8) is 0 Å². The molecule has 6 aliphatic heterocycles. The maximum atomic E-state index is 14.2. The Labute approximate surface area is 362 Å². The first kappa shape index (κ1) is 43.9. The number of amides is 2. The number of nitrogens with one attached hydrogen (secondary N) is 8. The molecular formula is C34H53Cl2N23O2. The zero-order valence-electron chi connectivity index (χ0n) is 33.6. The highest BCUT2D eigenvalue weighted by atomic mass is 35.5. The third kappa shape index (κ3) is 10.1. The van der Waals surface area contributed by atoms with Crippen LogP contribution in [0.4, 0.5) is 5.95 Å². The summed E-state index contributed by atoms with van der Waals surface area (Å²) in [5.74, 6) is 1.11. The van der Waals surface area contributed by atoms with Crippen molar-refractivity contribution in [1.82, 2.24) is 83.0 Å². The number of amidine groups is 2. The number of hydrazine groups is 6. The van der Waals surface area contributed by atoms with E-state index in [1.807, 2.05) is 22.2 Å². The lowest BCUT2D eigenvalue weighted by molar-refractivity contribution is -0.134. The van der Waals surface area contributed by atoms with E-state index in [0.717, 1.165) is 12.0 Å². The molecule has 2 atom stereocenters. The SMILES string of the molecule is CNNNCN1CNNNCN=C2NC(N)=C(C1=O)N(N1CCC(c3nc(NCCc4ccncc4)nc(C4CCN(N5C(C(N)=O)=C(N)N=C(N)C5Cl)CC4)n3)CC1)C2Cl. The highest BCUT2D eigenvalue weighted by molar-refractivity contribution is 6.32. The van der Waals surface area contributed by atoms with Crippen LogP contribution in [0.5, 0.6) is 0 Å². The van der Waals surface area contributed by atoms with Gasteiger partial charge in [-0.1, -0.05) is 23.2 Å². The molecule has 0 aliphatic carbocycles. The van der Waals surface area contributed by atoms with E-state index in [0.29, 0.717) is 81.8 Å². The first-order chi connectivity index (χ1) is 29.5. The second-order valence-electron chi connectivity index (χ2n) is 14.6. The second kappa shape index (κ2) is 20.1. The minimum Gasteiger partial charge on any atom is -0.384 e. The van der Waals surface area contributed by atoms with Crippen LogP contribution in [0.3, 0.4) is 0 Å². The van der Waals surface area contributed by atoms with Gasteiger partial charge in [-0.15, -0.1) is 0 Å². The fourth-order valence-corrected chi connectivity index (χ4v) is 8.30. The molecule has 8 rings (SSSR count). The van der Waals surface area contributed by atoms with Gasteiger partial charge < -0.3 is 38.5 Å². The van der Waals surface area contributed by atoms with E-state index in [2.05, 4.69) is 58.4 Å². The Hall–Kier alpha value is -5.22. The Bertz CT molecular complexity index is 2000. The molecule has 16 N–H and O–H groups in total. The largest absolute Gasteiger partial charge is 0.384 e. The highest BCUT2D eigenvalue weighted by Crippen LogP contribution is 2.35. The van der Waals surface area contributed by atoms with Gasteiger partial charge >= 0.3 is 0 Å². The van der Waals surface area contributed by atoms with Gasteiger partial charge in [0.2, 0.25) is 5.95 Å². The second-order valence-corrected chi connectivity index (χ2v) is 15.5. The van der Waals surface area contributed by atoms with Crippen molar-refractivity contribution >= 4 is 52.6 Å². The number of pyridine rings is 1. The van der Waals surface area contributed by atoms with E-state index in [-0.39, 0.29) is 66.6 Å². The number of fused-ring (bicyclic) bond motifs is 9. The molecule has 2 fully saturated rings. The highest BCUT2D eigenvalue weighted by Gasteiger charge is 2.42. The summed E-state index contributed by atoms with van der Waals surface area (Å²) in [7, 11) is 1.70. The molecule has 0 spiro atoms. The molecule has 0 aromatic carbocycles. The van der Waals surface area contributed by atoms with Gasteiger partial charge in [-0.2, -0.15) is 21.0 Å². The van der Waals surface area contributed by atoms with E-state index in [1.165, 1.54) is 9.91 Å². The number of halogens is 2. The van der Waals surface area contributed by atoms with Crippen LogP contribution >= 0.6 is 23.2 Å². The summed E-state index contributed by atoms with van der Waals surface area (Å²) in [5, 5.41) is 13.7. The van der Waals surface area contributed by atoms with Crippen molar-refractivity contribution in [3.05, 3.63) is 64.8 Å². The van der Waals surface area contributed by atoms with Crippen molar-refractivity contribution < 1.29 is 9.59 Å². The molecule has 2 unspecified atom stereocenters. The lowest BCUT2D eigenvalue weighted by atomic mass is 9.94. The minimum absolute atomic E-state index is 0.00163. The average molecular weight is 887 g/mol. The van der Waals surface area contributed by atoms with Gasteiger partial charge in [-0.05, 0) is 56.8 Å². The number of rotatable bonds is 13. The number of alkyl halides is 2. The topological polar surface area (TPSA) is 327 Å². The summed E-state index contributed by atoms with van der Waals surface area (Å²) in [6.45, 7) is 2.98.